The van der Waals surface area contributed by atoms with Crippen LogP contribution in [0.2, 0.25) is 0 Å². The first-order valence-corrected chi connectivity index (χ1v) is 2.00. The van der Waals surface area contributed by atoms with Gasteiger partial charge in [-0.1, -0.05) is 0 Å². The Morgan fingerprint density at radius 3 is 1.00 bits per heavy atom. The molecule has 0 aromatic heterocycles. The molecule has 0 fully saturated rings. The van der Waals surface area contributed by atoms with E-state index in [1.807, 2.05) is 0 Å². The summed E-state index contributed by atoms with van der Waals surface area (Å²) in [6, 6.07) is 0. The summed E-state index contributed by atoms with van der Waals surface area (Å²) in [7, 11) is -5.17. The molecule has 0 aliphatic carbocycles. The maximum atomic E-state index is 8.52. The van der Waals surface area contributed by atoms with Crippen molar-refractivity contribution in [2.75, 3.05) is 0 Å². The van der Waals surface area contributed by atoms with Crippen LogP contribution in [-0.2, 0) is 10.4 Å². The van der Waals surface area contributed by atoms with Crippen molar-refractivity contribution in [3.05, 3.63) is 0 Å². The van der Waals surface area contributed by atoms with Crippen LogP contribution in [0.1, 0.15) is 0 Å². The van der Waals surface area contributed by atoms with Gasteiger partial charge in [-0.25, -0.2) is 0 Å². The number of hydrogen-bond donors (Lipinski definition) is 0. The van der Waals surface area contributed by atoms with Crippen molar-refractivity contribution in [2.45, 2.75) is 0 Å². The molecule has 0 aliphatic heterocycles. The molecule has 8 heavy (non-hydrogen) atoms. The third-order valence-corrected chi connectivity index (χ3v) is 0. The van der Waals surface area contributed by atoms with Crippen LogP contribution < -0.4 is 115 Å². The van der Waals surface area contributed by atoms with Gasteiger partial charge in [0.05, 0.1) is 0 Å². The van der Waals surface area contributed by atoms with Gasteiger partial charge in [0, 0.05) is 10.4 Å². The van der Waals surface area contributed by atoms with E-state index in [1.165, 1.54) is 0 Å². The molecule has 0 spiro atoms. The first-order chi connectivity index (χ1) is 2.00. The van der Waals surface area contributed by atoms with Crippen molar-refractivity contribution in [3.8, 4) is 0 Å². The molecule has 0 aromatic carbocycles. The van der Waals surface area contributed by atoms with Crippen LogP contribution in [0.25, 0.3) is 0 Å². The quantitative estimate of drug-likeness (QED) is 0.226. The van der Waals surface area contributed by atoms with Gasteiger partial charge in [0.25, 0.3) is 0 Å². The van der Waals surface area contributed by atoms with Crippen LogP contribution >= 0.6 is 0 Å². The molecule has 0 amide bonds. The van der Waals surface area contributed by atoms with Gasteiger partial charge in [-0.15, -0.1) is 0 Å². The van der Waals surface area contributed by atoms with Crippen LogP contribution in [0, 0.1) is 0 Å². The van der Waals surface area contributed by atoms with Gasteiger partial charge >= 0.3 is 103 Å². The number of halogens is 1. The smallest absolute Gasteiger partial charge is 1.00 e. The molecule has 0 aromatic rings. The molecular weight excluding hydrogens is 210 g/mol. The Bertz CT molecular complexity index is 97.2. The summed E-state index contributed by atoms with van der Waals surface area (Å²) in [6.45, 7) is 0. The molecule has 0 bridgehead atoms. The zero-order chi connectivity index (χ0) is 4.50. The van der Waals surface area contributed by atoms with E-state index in [0.717, 1.165) is 0 Å². The second kappa shape index (κ2) is 10.4. The van der Waals surface area contributed by atoms with E-state index < -0.39 is 10.4 Å². The Morgan fingerprint density at radius 2 is 1.00 bits per heavy atom. The normalized spacial score (nSPS) is 7.25. The monoisotopic (exact) mass is 209 g/mol. The van der Waals surface area contributed by atoms with Gasteiger partial charge in [-0.3, -0.25) is 8.42 Å². The van der Waals surface area contributed by atoms with Crippen molar-refractivity contribution >= 4 is 10.4 Å². The Morgan fingerprint density at radius 1 is 1.00 bits per heavy atom. The first-order valence-electron chi connectivity index (χ1n) is 0.667. The molecule has 0 saturated carbocycles. The number of hydrogen-bond acceptors (Lipinski definition) is 4. The molecule has 0 heterocycles. The Hall–Kier alpha value is 3.43. The van der Waals surface area contributed by atoms with Gasteiger partial charge in [0.15, 0.2) is 0 Å². The topological polar surface area (TPSA) is 80.3 Å². The molecule has 0 aliphatic rings. The molecule has 0 unspecified atom stereocenters. The van der Waals surface area contributed by atoms with Crippen LogP contribution in [0.3, 0.4) is 0 Å². The summed E-state index contributed by atoms with van der Waals surface area (Å²) in [5.74, 6) is 0. The number of rotatable bonds is 0. The van der Waals surface area contributed by atoms with Crippen molar-refractivity contribution in [1.29, 1.82) is 0 Å². The van der Waals surface area contributed by atoms with Gasteiger partial charge in [-0.05, 0) is 0 Å². The second-order valence-electron chi connectivity index (χ2n) is 0.408. The molecular formula is ClK2O4S-. The summed E-state index contributed by atoms with van der Waals surface area (Å²) in [5, 5.41) is 0. The fourth-order valence-electron chi connectivity index (χ4n) is 0. The van der Waals surface area contributed by atoms with Crippen LogP contribution in [-0.4, -0.2) is 17.5 Å². The minimum atomic E-state index is -5.17. The van der Waals surface area contributed by atoms with Crippen LogP contribution in [0.4, 0.5) is 0 Å². The van der Waals surface area contributed by atoms with Crippen molar-refractivity contribution < 1.29 is 133 Å². The maximum Gasteiger partial charge on any atom is 1.00 e. The molecule has 0 saturated heterocycles. The molecule has 4 nitrogen and oxygen atoms in total. The summed E-state index contributed by atoms with van der Waals surface area (Å²) in [5.41, 5.74) is 0. The van der Waals surface area contributed by atoms with Gasteiger partial charge < -0.3 is 21.5 Å². The summed E-state index contributed by atoms with van der Waals surface area (Å²) in [6.07, 6.45) is 0. The zero-order valence-electron chi connectivity index (χ0n) is 4.42. The fourth-order valence-corrected chi connectivity index (χ4v) is 0. The molecule has 40 valence electrons. The molecule has 0 rings (SSSR count). The summed E-state index contributed by atoms with van der Waals surface area (Å²) in [4.78, 5) is 0. The molecule has 8 heteroatoms. The third kappa shape index (κ3) is 56.9. The minimum Gasteiger partial charge on any atom is -1.00 e. The molecule has 0 N–H and O–H groups in total. The SMILES string of the molecule is O=S(=O)([O-])[O-].[Cl-].[K+].[K+]. The first kappa shape index (κ1) is 22.5. The molecule has 0 radical (unpaired) electrons. The average molecular weight is 210 g/mol. The predicted molar refractivity (Wildman–Crippen MR) is 10.5 cm³/mol. The van der Waals surface area contributed by atoms with Gasteiger partial charge in [0.1, 0.15) is 0 Å². The Labute approximate surface area is 139 Å². The standard InChI is InChI=1S/ClH.2K.H2O4S/c;;;1-5(2,3)4/h1H;;;(H2,1,2,3,4)/q;2*+1;/p-3. The predicted octanol–water partition coefficient (Wildman–Crippen LogP) is -10.3. The largest absolute Gasteiger partial charge is 1.00 e. The van der Waals surface area contributed by atoms with Crippen molar-refractivity contribution in [3.63, 3.8) is 0 Å². The van der Waals surface area contributed by atoms with E-state index in [0.29, 0.717) is 0 Å². The fraction of sp³-hybridized carbons (Fsp3) is 0. The Kier molecular flexibility index (Phi) is 29.4. The van der Waals surface area contributed by atoms with E-state index in [9.17, 15) is 0 Å². The zero-order valence-corrected chi connectivity index (χ0v) is 12.2. The van der Waals surface area contributed by atoms with E-state index >= 15 is 0 Å². The van der Waals surface area contributed by atoms with Crippen molar-refractivity contribution in [1.82, 2.24) is 0 Å². The van der Waals surface area contributed by atoms with Gasteiger partial charge in [0.2, 0.25) is 0 Å². The summed E-state index contributed by atoms with van der Waals surface area (Å²) >= 11 is 0. The van der Waals surface area contributed by atoms with E-state index in [-0.39, 0.29) is 115 Å². The van der Waals surface area contributed by atoms with E-state index in [2.05, 4.69) is 0 Å². The summed E-state index contributed by atoms with van der Waals surface area (Å²) < 4.78 is 34.1. The maximum absolute atomic E-state index is 8.52. The second-order valence-corrected chi connectivity index (χ2v) is 1.22. The van der Waals surface area contributed by atoms with Crippen LogP contribution in [0.5, 0.6) is 0 Å². The molecule has 0 atom stereocenters. The minimum absolute atomic E-state index is 0. The van der Waals surface area contributed by atoms with Gasteiger partial charge in [-0.2, -0.15) is 0 Å². The van der Waals surface area contributed by atoms with Crippen molar-refractivity contribution in [2.24, 2.45) is 0 Å². The Balaban J connectivity index is -0.0000000267. The van der Waals surface area contributed by atoms with Crippen LogP contribution in [0.15, 0.2) is 0 Å². The van der Waals surface area contributed by atoms with E-state index in [1.54, 1.807) is 0 Å². The average Bonchev–Trinajstić information content (AvgIpc) is 0.722. The third-order valence-electron chi connectivity index (χ3n) is 0. The van der Waals surface area contributed by atoms with E-state index in [4.69, 9.17) is 17.5 Å².